The summed E-state index contributed by atoms with van der Waals surface area (Å²) < 4.78 is 86.1. The zero-order valence-electron chi connectivity index (χ0n) is 20.7. The Balaban J connectivity index is 0.00000370. The van der Waals surface area contributed by atoms with Crippen molar-refractivity contribution in [2.75, 3.05) is 13.3 Å². The molecule has 0 bridgehead atoms. The first-order chi connectivity index (χ1) is 18.5. The quantitative estimate of drug-likeness (QED) is 0.150. The van der Waals surface area contributed by atoms with E-state index in [9.17, 15) is 26.3 Å². The van der Waals surface area contributed by atoms with Gasteiger partial charge in [0, 0.05) is 29.1 Å². The van der Waals surface area contributed by atoms with Gasteiger partial charge in [0.1, 0.15) is 22.8 Å². The van der Waals surface area contributed by atoms with Crippen molar-refractivity contribution in [3.63, 3.8) is 0 Å². The molecule has 4 aromatic heterocycles. The average Bonchev–Trinajstić information content (AvgIpc) is 3.54. The Bertz CT molecular complexity index is 1610. The fourth-order valence-corrected chi connectivity index (χ4v) is 5.42. The second-order valence-electron chi connectivity index (χ2n) is 8.66. The molecule has 4 heterocycles. The molecule has 0 spiro atoms. The molecule has 0 saturated heterocycles. The van der Waals surface area contributed by atoms with Crippen LogP contribution < -0.4 is 5.30 Å². The standard InChI is InChI=1S/C26H19F6N6P.Os/c1-39(2)17-11-7-8-14(19-21(15-9-3-5-12-33-15)35-37-23(19)25(27,28)29)18(17)20-22(16-10-4-6-13-34-16)36-38-24(20)26(30,31)32;/h3-13H,1-2H3,(H,35,37)(H,36,38);/q;+2. The van der Waals surface area contributed by atoms with Crippen molar-refractivity contribution in [1.82, 2.24) is 30.4 Å². The van der Waals surface area contributed by atoms with Crippen LogP contribution in [0, 0.1) is 0 Å². The van der Waals surface area contributed by atoms with Gasteiger partial charge in [-0.25, -0.2) is 0 Å². The summed E-state index contributed by atoms with van der Waals surface area (Å²) in [7, 11) is -1.10. The van der Waals surface area contributed by atoms with Gasteiger partial charge in [0.05, 0.1) is 11.4 Å². The smallest absolute Gasteiger partial charge is 0.272 e. The Kier molecular flexibility index (Phi) is 8.30. The topological polar surface area (TPSA) is 83.1 Å². The third-order valence-corrected chi connectivity index (χ3v) is 7.29. The van der Waals surface area contributed by atoms with Crippen LogP contribution in [0.3, 0.4) is 0 Å². The molecule has 0 atom stereocenters. The van der Waals surface area contributed by atoms with Crippen molar-refractivity contribution < 1.29 is 46.1 Å². The largest absolute Gasteiger partial charge is 2.00 e. The number of H-pyrrole nitrogens is 2. The molecule has 5 rings (SSSR count). The molecule has 0 radical (unpaired) electrons. The maximum Gasteiger partial charge on any atom is 2.00 e. The van der Waals surface area contributed by atoms with E-state index in [0.29, 0.717) is 5.30 Å². The Morgan fingerprint density at radius 3 is 1.57 bits per heavy atom. The van der Waals surface area contributed by atoms with Gasteiger partial charge in [-0.15, -0.1) is 0 Å². The second kappa shape index (κ2) is 11.2. The van der Waals surface area contributed by atoms with Crippen LogP contribution in [0.25, 0.3) is 45.0 Å². The summed E-state index contributed by atoms with van der Waals surface area (Å²) in [5.74, 6) is 0. The van der Waals surface area contributed by atoms with Crippen LogP contribution in [-0.2, 0) is 32.1 Å². The number of nitrogens with one attached hydrogen (secondary N) is 2. The summed E-state index contributed by atoms with van der Waals surface area (Å²) in [5, 5.41) is 12.4. The maximum atomic E-state index is 14.4. The van der Waals surface area contributed by atoms with Crippen LogP contribution in [-0.4, -0.2) is 43.7 Å². The van der Waals surface area contributed by atoms with E-state index >= 15 is 0 Å². The molecule has 2 N–H and O–H groups in total. The summed E-state index contributed by atoms with van der Waals surface area (Å²) in [6.07, 6.45) is -6.99. The molecule has 0 aliphatic heterocycles. The molecule has 0 aliphatic rings. The third-order valence-electron chi connectivity index (χ3n) is 5.96. The minimum Gasteiger partial charge on any atom is -0.272 e. The van der Waals surface area contributed by atoms with E-state index in [-0.39, 0.29) is 59.3 Å². The maximum absolute atomic E-state index is 14.4. The van der Waals surface area contributed by atoms with Gasteiger partial charge >= 0.3 is 32.1 Å². The SMILES string of the molecule is CP(C)c1cccc(-c2c(-c3ccccn3)n[nH]c2C(F)(F)F)c1-c1c(-c2ccccn2)n[nH]c1C(F)(F)F.[Os+2]. The molecule has 0 fully saturated rings. The number of pyridine rings is 2. The number of hydrogen-bond donors (Lipinski definition) is 2. The zero-order chi connectivity index (χ0) is 27.9. The monoisotopic (exact) mass is 752 g/mol. The number of nitrogens with zero attached hydrogens (tertiary/aromatic N) is 4. The van der Waals surface area contributed by atoms with Crippen LogP contribution >= 0.6 is 7.92 Å². The van der Waals surface area contributed by atoms with E-state index in [1.54, 1.807) is 30.3 Å². The van der Waals surface area contributed by atoms with Gasteiger partial charge in [0.15, 0.2) is 0 Å². The third kappa shape index (κ3) is 5.45. The summed E-state index contributed by atoms with van der Waals surface area (Å²) in [4.78, 5) is 8.31. The first kappa shape index (κ1) is 29.6. The minimum absolute atomic E-state index is 0. The van der Waals surface area contributed by atoms with E-state index < -0.39 is 37.2 Å². The molecule has 0 amide bonds. The Morgan fingerprint density at radius 2 is 1.12 bits per heavy atom. The van der Waals surface area contributed by atoms with Gasteiger partial charge in [-0.05, 0) is 48.5 Å². The summed E-state index contributed by atoms with van der Waals surface area (Å²) in [6.45, 7) is 3.62. The number of alkyl halides is 6. The van der Waals surface area contributed by atoms with Crippen LogP contribution in [0.15, 0.2) is 67.0 Å². The molecule has 0 unspecified atom stereocenters. The van der Waals surface area contributed by atoms with Gasteiger partial charge in [0.25, 0.3) is 0 Å². The molecule has 14 heteroatoms. The molecular formula is C26H19F6N6OsP+2. The molecule has 40 heavy (non-hydrogen) atoms. The molecule has 0 saturated carbocycles. The van der Waals surface area contributed by atoms with Crippen LogP contribution in [0.1, 0.15) is 11.4 Å². The molecule has 6 nitrogen and oxygen atoms in total. The van der Waals surface area contributed by atoms with Crippen molar-refractivity contribution in [3.8, 4) is 45.0 Å². The Hall–Kier alpha value is -3.41. The van der Waals surface area contributed by atoms with Crippen molar-refractivity contribution in [1.29, 1.82) is 0 Å². The van der Waals surface area contributed by atoms with Gasteiger partial charge in [-0.1, -0.05) is 38.3 Å². The molecular weight excluding hydrogens is 732 g/mol. The van der Waals surface area contributed by atoms with E-state index in [0.717, 1.165) is 0 Å². The van der Waals surface area contributed by atoms with Crippen molar-refractivity contribution in [3.05, 3.63) is 78.4 Å². The van der Waals surface area contributed by atoms with Gasteiger partial charge in [-0.2, -0.15) is 36.5 Å². The minimum atomic E-state index is -4.89. The van der Waals surface area contributed by atoms with Crippen LogP contribution in [0.5, 0.6) is 0 Å². The molecule has 206 valence electrons. The summed E-state index contributed by atoms with van der Waals surface area (Å²) >= 11 is 0. The zero-order valence-corrected chi connectivity index (χ0v) is 24.1. The number of halogens is 6. The van der Waals surface area contributed by atoms with E-state index in [1.165, 1.54) is 36.7 Å². The van der Waals surface area contributed by atoms with Gasteiger partial charge in [0.2, 0.25) is 0 Å². The summed E-state index contributed by atoms with van der Waals surface area (Å²) in [5.41, 5.74) is -3.32. The second-order valence-corrected chi connectivity index (χ2v) is 10.9. The normalized spacial score (nSPS) is 12.0. The summed E-state index contributed by atoms with van der Waals surface area (Å²) in [6, 6.07) is 13.8. The first-order valence-corrected chi connectivity index (χ1v) is 13.7. The number of hydrogen-bond acceptors (Lipinski definition) is 4. The fraction of sp³-hybridized carbons (Fsp3) is 0.154. The molecule has 5 aromatic rings. The van der Waals surface area contributed by atoms with Crippen LogP contribution in [0.4, 0.5) is 26.3 Å². The van der Waals surface area contributed by atoms with Gasteiger partial charge in [-0.3, -0.25) is 20.2 Å². The number of rotatable bonds is 5. The van der Waals surface area contributed by atoms with Crippen molar-refractivity contribution in [2.24, 2.45) is 0 Å². The Labute approximate surface area is 238 Å². The average molecular weight is 751 g/mol. The number of aromatic amines is 2. The predicted octanol–water partition coefficient (Wildman–Crippen LogP) is 6.99. The van der Waals surface area contributed by atoms with Crippen molar-refractivity contribution in [2.45, 2.75) is 12.4 Å². The van der Waals surface area contributed by atoms with Crippen LogP contribution in [0.2, 0.25) is 0 Å². The molecule has 0 aliphatic carbocycles. The van der Waals surface area contributed by atoms with Gasteiger partial charge < -0.3 is 0 Å². The molecule has 1 aromatic carbocycles. The predicted molar refractivity (Wildman–Crippen MR) is 136 cm³/mol. The Morgan fingerprint density at radius 1 is 0.625 bits per heavy atom. The fourth-order valence-electron chi connectivity index (χ4n) is 4.36. The number of benzene rings is 1. The first-order valence-electron chi connectivity index (χ1n) is 11.4. The number of aromatic nitrogens is 6. The van der Waals surface area contributed by atoms with E-state index in [1.807, 2.05) is 13.3 Å². The van der Waals surface area contributed by atoms with E-state index in [2.05, 4.69) is 30.4 Å². The van der Waals surface area contributed by atoms with E-state index in [4.69, 9.17) is 0 Å². The van der Waals surface area contributed by atoms with Crippen molar-refractivity contribution >= 4 is 13.2 Å².